The lowest BCUT2D eigenvalue weighted by Crippen LogP contribution is -2.58. The summed E-state index contributed by atoms with van der Waals surface area (Å²) in [6.45, 7) is 13.6. The van der Waals surface area contributed by atoms with E-state index in [1.807, 2.05) is 24.5 Å². The number of aromatic nitrogens is 3. The van der Waals surface area contributed by atoms with Gasteiger partial charge >= 0.3 is 0 Å². The largest absolute Gasteiger partial charge is 0.350 e. The zero-order valence-electron chi connectivity index (χ0n) is 31.5. The van der Waals surface area contributed by atoms with Gasteiger partial charge in [0, 0.05) is 41.0 Å². The van der Waals surface area contributed by atoms with Crippen molar-refractivity contribution in [1.29, 1.82) is 0 Å². The summed E-state index contributed by atoms with van der Waals surface area (Å²) in [7, 11) is 0. The Hall–Kier alpha value is -4.06. The Labute approximate surface area is 317 Å². The lowest BCUT2D eigenvalue weighted by atomic mass is 9.74. The maximum atomic E-state index is 15.6. The number of rotatable bonds is 8. The van der Waals surface area contributed by atoms with E-state index in [4.69, 9.17) is 9.97 Å². The van der Waals surface area contributed by atoms with Crippen molar-refractivity contribution in [2.24, 2.45) is 0 Å². The number of hydrogen-bond donors (Lipinski definition) is 3. The number of carbonyl (C=O) groups excluding carboxylic acids is 2. The van der Waals surface area contributed by atoms with E-state index in [0.717, 1.165) is 79.7 Å². The first-order valence-electron chi connectivity index (χ1n) is 19.2. The minimum Gasteiger partial charge on any atom is -0.350 e. The van der Waals surface area contributed by atoms with Gasteiger partial charge in [-0.25, -0.2) is 14.4 Å². The second-order valence-corrected chi connectivity index (χ2v) is 16.0. The predicted molar refractivity (Wildman–Crippen MR) is 211 cm³/mol. The van der Waals surface area contributed by atoms with Crippen LogP contribution in [0.1, 0.15) is 100 Å². The summed E-state index contributed by atoms with van der Waals surface area (Å²) in [6.07, 6.45) is 9.24. The zero-order chi connectivity index (χ0) is 36.3. The summed E-state index contributed by atoms with van der Waals surface area (Å²) in [5, 5.41) is 9.66. The van der Waals surface area contributed by atoms with Crippen LogP contribution in [-0.4, -0.2) is 75.6 Å². The van der Waals surface area contributed by atoms with E-state index in [1.165, 1.54) is 25.3 Å². The number of halogens is 2. The summed E-state index contributed by atoms with van der Waals surface area (Å²) in [5.74, 6) is -0.0379. The Morgan fingerprint density at radius 2 is 1.74 bits per heavy atom. The molecule has 1 saturated carbocycles. The van der Waals surface area contributed by atoms with Gasteiger partial charge in [-0.1, -0.05) is 18.6 Å². The fourth-order valence-electron chi connectivity index (χ4n) is 8.97. The molecule has 3 N–H and O–H groups in total. The number of amides is 2. The first-order valence-corrected chi connectivity index (χ1v) is 19.2. The van der Waals surface area contributed by atoms with Crippen LogP contribution in [0.15, 0.2) is 42.7 Å². The summed E-state index contributed by atoms with van der Waals surface area (Å²) < 4.78 is 17.6. The molecule has 5 heterocycles. The molecule has 2 aromatic heterocycles. The van der Waals surface area contributed by atoms with E-state index in [-0.39, 0.29) is 48.0 Å². The molecular formula is C41H52ClFN8O2. The molecule has 3 aliphatic heterocycles. The van der Waals surface area contributed by atoms with Crippen LogP contribution in [-0.2, 0) is 10.2 Å². The molecule has 2 amide bonds. The van der Waals surface area contributed by atoms with Gasteiger partial charge in [-0.05, 0) is 135 Å². The topological polar surface area (TPSA) is 107 Å². The molecule has 0 bridgehead atoms. The molecule has 53 heavy (non-hydrogen) atoms. The minimum absolute atomic E-state index is 0. The van der Waals surface area contributed by atoms with Crippen molar-refractivity contribution >= 4 is 52.4 Å². The highest BCUT2D eigenvalue weighted by Crippen LogP contribution is 2.51. The monoisotopic (exact) mass is 742 g/mol. The number of pyridine rings is 1. The van der Waals surface area contributed by atoms with Gasteiger partial charge in [0.25, 0.3) is 5.91 Å². The fraction of sp³-hybridized carbons (Fsp3) is 0.512. The van der Waals surface area contributed by atoms with E-state index in [0.29, 0.717) is 28.7 Å². The first kappa shape index (κ1) is 37.3. The number of likely N-dealkylation sites (tertiary alicyclic amines) is 1. The fourth-order valence-corrected chi connectivity index (χ4v) is 8.97. The summed E-state index contributed by atoms with van der Waals surface area (Å²) in [6, 6.07) is 12.0. The van der Waals surface area contributed by atoms with Gasteiger partial charge < -0.3 is 30.3 Å². The molecule has 2 aromatic carbocycles. The van der Waals surface area contributed by atoms with Gasteiger partial charge in [-0.15, -0.1) is 12.4 Å². The van der Waals surface area contributed by atoms with Gasteiger partial charge in [0.05, 0.1) is 28.6 Å². The van der Waals surface area contributed by atoms with Gasteiger partial charge in [0.2, 0.25) is 5.91 Å². The SMILES string of the molecule is Cc1cc(F)c(Nc2nc(-c3ccc4c(c3)N([C@H]3C[C@@H](N5CCCCC5)C3)C(=O)C43CCNCC3)cc3ncn(C(C)C)c23)cc1C(=O)NC(C)C.Cl. The number of benzene rings is 2. The van der Waals surface area contributed by atoms with Crippen LogP contribution in [0.5, 0.6) is 0 Å². The van der Waals surface area contributed by atoms with Gasteiger partial charge in [-0.3, -0.25) is 9.59 Å². The smallest absolute Gasteiger partial charge is 0.251 e. The molecule has 0 radical (unpaired) electrons. The number of piperidine rings is 2. The lowest BCUT2D eigenvalue weighted by Gasteiger charge is -2.48. The Balaban J connectivity index is 0.00000435. The summed E-state index contributed by atoms with van der Waals surface area (Å²) >= 11 is 0. The quantitative estimate of drug-likeness (QED) is 0.173. The standard InChI is InChI=1S/C41H51FN8O2.ClH/c1-24(2)45-39(51)30-21-34(32(42)17-26(30)5)47-38-37-35(44-23-49(37)25(3)4)22-33(46-38)27-9-10-31-36(18-27)50(40(52)41(31)11-13-43-14-12-41)29-19-28(20-29)48-15-7-6-8-16-48;/h9-10,17-18,21-25,28-29,43H,6-8,11-16,19-20H2,1-5H3,(H,45,51)(H,46,47);1H/t28-,29+;. The number of aryl methyl sites for hydroxylation is 1. The molecule has 1 aliphatic carbocycles. The van der Waals surface area contributed by atoms with Gasteiger partial charge in [0.1, 0.15) is 11.3 Å². The predicted octanol–water partition coefficient (Wildman–Crippen LogP) is 7.42. The molecule has 4 aliphatic rings. The number of nitrogens with zero attached hydrogens (tertiary/aromatic N) is 5. The number of fused-ring (bicyclic) bond motifs is 3. The zero-order valence-corrected chi connectivity index (χ0v) is 32.3. The van der Waals surface area contributed by atoms with Crippen molar-refractivity contribution in [1.82, 2.24) is 30.1 Å². The molecule has 4 aromatic rings. The number of hydrogen-bond acceptors (Lipinski definition) is 7. The second kappa shape index (κ2) is 14.6. The molecule has 12 heteroatoms. The molecule has 8 rings (SSSR count). The molecule has 0 unspecified atom stereocenters. The van der Waals surface area contributed by atoms with Crippen molar-refractivity contribution in [2.45, 2.75) is 109 Å². The molecule has 3 fully saturated rings. The third-order valence-corrected chi connectivity index (χ3v) is 11.9. The molecule has 282 valence electrons. The number of imidazole rings is 1. The van der Waals surface area contributed by atoms with Crippen molar-refractivity contribution < 1.29 is 14.0 Å². The van der Waals surface area contributed by atoms with Crippen LogP contribution < -0.4 is 20.9 Å². The molecule has 1 spiro atoms. The lowest BCUT2D eigenvalue weighted by molar-refractivity contribution is -0.125. The summed E-state index contributed by atoms with van der Waals surface area (Å²) in [4.78, 5) is 42.3. The first-order chi connectivity index (χ1) is 25.0. The molecule has 0 atom stereocenters. The third-order valence-electron chi connectivity index (χ3n) is 11.9. The van der Waals surface area contributed by atoms with Crippen LogP contribution in [0, 0.1) is 12.7 Å². The van der Waals surface area contributed by atoms with Gasteiger partial charge in [0.15, 0.2) is 5.82 Å². The normalized spacial score (nSPS) is 21.2. The summed E-state index contributed by atoms with van der Waals surface area (Å²) in [5.41, 5.74) is 5.76. The Bertz CT molecular complexity index is 2030. The Kier molecular flexibility index (Phi) is 10.3. The number of carbonyl (C=O) groups is 2. The van der Waals surface area contributed by atoms with Crippen molar-refractivity contribution in [3.63, 3.8) is 0 Å². The van der Waals surface area contributed by atoms with E-state index in [1.54, 1.807) is 19.3 Å². The van der Waals surface area contributed by atoms with Gasteiger partial charge in [-0.2, -0.15) is 0 Å². The Morgan fingerprint density at radius 1 is 1.00 bits per heavy atom. The average molecular weight is 743 g/mol. The van der Waals surface area contributed by atoms with E-state index in [9.17, 15) is 9.59 Å². The average Bonchev–Trinajstić information content (AvgIpc) is 3.64. The third kappa shape index (κ3) is 6.59. The molecular weight excluding hydrogens is 691 g/mol. The Morgan fingerprint density at radius 3 is 2.43 bits per heavy atom. The number of anilines is 3. The van der Waals surface area contributed by atoms with Crippen LogP contribution in [0.2, 0.25) is 0 Å². The number of nitrogens with one attached hydrogen (secondary N) is 3. The highest BCUT2D eigenvalue weighted by atomic mass is 35.5. The van der Waals surface area contributed by atoms with Crippen molar-refractivity contribution in [3.8, 4) is 11.3 Å². The van der Waals surface area contributed by atoms with Crippen molar-refractivity contribution in [3.05, 3.63) is 65.2 Å². The van der Waals surface area contributed by atoms with Crippen LogP contribution >= 0.6 is 12.4 Å². The van der Waals surface area contributed by atoms with E-state index in [2.05, 4.69) is 57.8 Å². The molecule has 2 saturated heterocycles. The van der Waals surface area contributed by atoms with E-state index < -0.39 is 11.2 Å². The maximum Gasteiger partial charge on any atom is 0.251 e. The highest BCUT2D eigenvalue weighted by Gasteiger charge is 2.54. The molecule has 10 nitrogen and oxygen atoms in total. The van der Waals surface area contributed by atoms with Crippen LogP contribution in [0.25, 0.3) is 22.3 Å². The van der Waals surface area contributed by atoms with Crippen molar-refractivity contribution in [2.75, 3.05) is 36.4 Å². The second-order valence-electron chi connectivity index (χ2n) is 16.0. The minimum atomic E-state index is -0.502. The van der Waals surface area contributed by atoms with Crippen LogP contribution in [0.4, 0.5) is 21.6 Å². The highest BCUT2D eigenvalue weighted by molar-refractivity contribution is 6.09. The maximum absolute atomic E-state index is 15.6. The van der Waals surface area contributed by atoms with E-state index >= 15 is 4.39 Å². The van der Waals surface area contributed by atoms with Crippen LogP contribution in [0.3, 0.4) is 0 Å².